The molecule has 0 amide bonds. The SMILES string of the molecule is Cc1cc(NCC2CCC(C)CC2)nc(NN)n1. The maximum absolute atomic E-state index is 5.34. The predicted molar refractivity (Wildman–Crippen MR) is 74.2 cm³/mol. The van der Waals surface area contributed by atoms with Crippen LogP contribution in [0.4, 0.5) is 11.8 Å². The molecule has 1 aromatic heterocycles. The Morgan fingerprint density at radius 2 is 2.00 bits per heavy atom. The fourth-order valence-electron chi connectivity index (χ4n) is 2.51. The molecule has 1 aromatic rings. The second-order valence-electron chi connectivity index (χ2n) is 5.37. The minimum atomic E-state index is 0.467. The van der Waals surface area contributed by atoms with Crippen molar-refractivity contribution < 1.29 is 0 Å². The minimum Gasteiger partial charge on any atom is -0.370 e. The van der Waals surface area contributed by atoms with Gasteiger partial charge in [0.05, 0.1) is 0 Å². The molecule has 0 aromatic carbocycles. The highest BCUT2D eigenvalue weighted by Crippen LogP contribution is 2.28. The van der Waals surface area contributed by atoms with Crippen molar-refractivity contribution in [1.29, 1.82) is 0 Å². The lowest BCUT2D eigenvalue weighted by Gasteiger charge is -2.26. The number of hydrogen-bond acceptors (Lipinski definition) is 5. The van der Waals surface area contributed by atoms with Crippen LogP contribution >= 0.6 is 0 Å². The molecular formula is C13H23N5. The third-order valence-electron chi connectivity index (χ3n) is 3.69. The lowest BCUT2D eigenvalue weighted by Crippen LogP contribution is -2.21. The van der Waals surface area contributed by atoms with Crippen molar-refractivity contribution in [2.75, 3.05) is 17.3 Å². The van der Waals surface area contributed by atoms with E-state index in [-0.39, 0.29) is 0 Å². The van der Waals surface area contributed by atoms with E-state index in [0.29, 0.717) is 5.95 Å². The Labute approximate surface area is 109 Å². The summed E-state index contributed by atoms with van der Waals surface area (Å²) >= 11 is 0. The van der Waals surface area contributed by atoms with Crippen molar-refractivity contribution in [3.8, 4) is 0 Å². The number of hydrogen-bond donors (Lipinski definition) is 3. The van der Waals surface area contributed by atoms with E-state index in [2.05, 4.69) is 27.6 Å². The molecule has 1 aliphatic carbocycles. The average Bonchev–Trinajstić information content (AvgIpc) is 2.37. The summed E-state index contributed by atoms with van der Waals surface area (Å²) in [5.41, 5.74) is 3.40. The van der Waals surface area contributed by atoms with Crippen molar-refractivity contribution in [3.05, 3.63) is 11.8 Å². The first-order valence-corrected chi connectivity index (χ1v) is 6.73. The zero-order valence-corrected chi connectivity index (χ0v) is 11.2. The van der Waals surface area contributed by atoms with Crippen molar-refractivity contribution in [3.63, 3.8) is 0 Å². The highest BCUT2D eigenvalue weighted by molar-refractivity contribution is 5.41. The molecule has 0 saturated heterocycles. The largest absolute Gasteiger partial charge is 0.370 e. The molecule has 4 N–H and O–H groups in total. The van der Waals surface area contributed by atoms with Gasteiger partial charge in [0.15, 0.2) is 0 Å². The Morgan fingerprint density at radius 3 is 2.67 bits per heavy atom. The Morgan fingerprint density at radius 1 is 1.28 bits per heavy atom. The number of nitrogen functional groups attached to an aromatic ring is 1. The highest BCUT2D eigenvalue weighted by Gasteiger charge is 2.17. The van der Waals surface area contributed by atoms with Crippen LogP contribution in [0.25, 0.3) is 0 Å². The Kier molecular flexibility index (Phi) is 4.36. The smallest absolute Gasteiger partial charge is 0.239 e. The summed E-state index contributed by atoms with van der Waals surface area (Å²) in [7, 11) is 0. The molecule has 0 bridgehead atoms. The molecule has 0 radical (unpaired) electrons. The van der Waals surface area contributed by atoms with Gasteiger partial charge in [-0.25, -0.2) is 10.8 Å². The Balaban J connectivity index is 1.88. The molecule has 0 atom stereocenters. The van der Waals surface area contributed by atoms with Crippen molar-refractivity contribution in [2.24, 2.45) is 17.7 Å². The van der Waals surface area contributed by atoms with Crippen molar-refractivity contribution in [1.82, 2.24) is 9.97 Å². The van der Waals surface area contributed by atoms with E-state index < -0.39 is 0 Å². The zero-order chi connectivity index (χ0) is 13.0. The Bertz CT molecular complexity index is 385. The van der Waals surface area contributed by atoms with Crippen LogP contribution in [0.15, 0.2) is 6.07 Å². The lowest BCUT2D eigenvalue weighted by molar-refractivity contribution is 0.300. The molecular weight excluding hydrogens is 226 g/mol. The molecule has 18 heavy (non-hydrogen) atoms. The van der Waals surface area contributed by atoms with Gasteiger partial charge in [-0.2, -0.15) is 4.98 Å². The molecule has 0 aliphatic heterocycles. The van der Waals surface area contributed by atoms with E-state index in [0.717, 1.165) is 29.9 Å². The van der Waals surface area contributed by atoms with E-state index in [1.165, 1.54) is 25.7 Å². The van der Waals surface area contributed by atoms with E-state index >= 15 is 0 Å². The van der Waals surface area contributed by atoms with Gasteiger partial charge in [-0.1, -0.05) is 19.8 Å². The van der Waals surface area contributed by atoms with Gasteiger partial charge in [-0.3, -0.25) is 5.43 Å². The fourth-order valence-corrected chi connectivity index (χ4v) is 2.51. The highest BCUT2D eigenvalue weighted by atomic mass is 15.3. The monoisotopic (exact) mass is 249 g/mol. The molecule has 1 aliphatic rings. The Hall–Kier alpha value is -1.36. The molecule has 100 valence electrons. The van der Waals surface area contributed by atoms with Crippen LogP contribution in [0.3, 0.4) is 0 Å². The summed E-state index contributed by atoms with van der Waals surface area (Å²) in [5.74, 6) is 8.33. The van der Waals surface area contributed by atoms with Gasteiger partial charge in [0.1, 0.15) is 5.82 Å². The lowest BCUT2D eigenvalue weighted by atomic mass is 9.83. The van der Waals surface area contributed by atoms with Gasteiger partial charge in [0, 0.05) is 18.3 Å². The van der Waals surface area contributed by atoms with Gasteiger partial charge >= 0.3 is 0 Å². The second kappa shape index (κ2) is 6.00. The summed E-state index contributed by atoms with van der Waals surface area (Å²) in [4.78, 5) is 8.46. The number of anilines is 2. The summed E-state index contributed by atoms with van der Waals surface area (Å²) in [6.07, 6.45) is 5.34. The van der Waals surface area contributed by atoms with Gasteiger partial charge in [-0.15, -0.1) is 0 Å². The van der Waals surface area contributed by atoms with Crippen LogP contribution in [0.1, 0.15) is 38.3 Å². The van der Waals surface area contributed by atoms with Crippen LogP contribution < -0.4 is 16.6 Å². The number of rotatable bonds is 4. The van der Waals surface area contributed by atoms with Crippen LogP contribution in [0.2, 0.25) is 0 Å². The standard InChI is InChI=1S/C13H23N5/c1-9-3-5-11(6-4-9)8-15-12-7-10(2)16-13(17-12)18-14/h7,9,11H,3-6,8,14H2,1-2H3,(H2,15,16,17,18). The van der Waals surface area contributed by atoms with E-state index in [9.17, 15) is 0 Å². The minimum absolute atomic E-state index is 0.467. The van der Waals surface area contributed by atoms with Crippen LogP contribution in [-0.4, -0.2) is 16.5 Å². The first-order valence-electron chi connectivity index (χ1n) is 6.73. The van der Waals surface area contributed by atoms with E-state index in [4.69, 9.17) is 5.84 Å². The molecule has 2 rings (SSSR count). The first-order chi connectivity index (χ1) is 8.67. The van der Waals surface area contributed by atoms with Crippen molar-refractivity contribution >= 4 is 11.8 Å². The predicted octanol–water partition coefficient (Wildman–Crippen LogP) is 2.31. The van der Waals surface area contributed by atoms with Gasteiger partial charge in [0.2, 0.25) is 5.95 Å². The molecule has 1 heterocycles. The van der Waals surface area contributed by atoms with E-state index in [1.807, 2.05) is 13.0 Å². The van der Waals surface area contributed by atoms with Crippen LogP contribution in [0.5, 0.6) is 0 Å². The normalized spacial score (nSPS) is 23.7. The number of nitrogens with two attached hydrogens (primary N) is 1. The van der Waals surface area contributed by atoms with Crippen LogP contribution in [0, 0.1) is 18.8 Å². The van der Waals surface area contributed by atoms with Gasteiger partial charge in [0.25, 0.3) is 0 Å². The maximum Gasteiger partial charge on any atom is 0.239 e. The van der Waals surface area contributed by atoms with Gasteiger partial charge in [-0.05, 0) is 31.6 Å². The van der Waals surface area contributed by atoms with Crippen LogP contribution in [-0.2, 0) is 0 Å². The molecule has 1 saturated carbocycles. The summed E-state index contributed by atoms with van der Waals surface area (Å²) in [6, 6.07) is 1.95. The number of nitrogens with one attached hydrogen (secondary N) is 2. The maximum atomic E-state index is 5.34. The third kappa shape index (κ3) is 3.57. The topological polar surface area (TPSA) is 75.9 Å². The zero-order valence-electron chi connectivity index (χ0n) is 11.2. The second-order valence-corrected chi connectivity index (χ2v) is 5.37. The quantitative estimate of drug-likeness (QED) is 0.564. The summed E-state index contributed by atoms with van der Waals surface area (Å²) < 4.78 is 0. The molecule has 1 fully saturated rings. The van der Waals surface area contributed by atoms with E-state index in [1.54, 1.807) is 0 Å². The van der Waals surface area contributed by atoms with Crippen molar-refractivity contribution in [2.45, 2.75) is 39.5 Å². The third-order valence-corrected chi connectivity index (χ3v) is 3.69. The first kappa shape index (κ1) is 13.1. The number of nitrogens with zero attached hydrogens (tertiary/aromatic N) is 2. The number of aromatic nitrogens is 2. The molecule has 5 heteroatoms. The molecule has 5 nitrogen and oxygen atoms in total. The summed E-state index contributed by atoms with van der Waals surface area (Å²) in [5, 5.41) is 3.40. The average molecular weight is 249 g/mol. The number of aryl methyl sites for hydroxylation is 1. The number of hydrazine groups is 1. The van der Waals surface area contributed by atoms with Gasteiger partial charge < -0.3 is 5.32 Å². The molecule has 0 spiro atoms. The molecule has 0 unspecified atom stereocenters. The summed E-state index contributed by atoms with van der Waals surface area (Å²) in [6.45, 7) is 5.28. The fraction of sp³-hybridized carbons (Fsp3) is 0.692.